The zero-order valence-corrected chi connectivity index (χ0v) is 14.3. The molecule has 9 heteroatoms. The molecule has 3 aliphatic rings. The Morgan fingerprint density at radius 3 is 2.85 bits per heavy atom. The van der Waals surface area contributed by atoms with Gasteiger partial charge in [-0.05, 0) is 24.6 Å². The van der Waals surface area contributed by atoms with Crippen molar-refractivity contribution in [3.63, 3.8) is 0 Å². The molecule has 3 atom stereocenters. The van der Waals surface area contributed by atoms with Crippen LogP contribution in [0.1, 0.15) is 13.3 Å². The van der Waals surface area contributed by atoms with Gasteiger partial charge in [0.1, 0.15) is 11.9 Å². The fraction of sp³-hybridized carbons (Fsp3) is 0.529. The Labute approximate surface area is 149 Å². The van der Waals surface area contributed by atoms with Crippen LogP contribution in [-0.4, -0.2) is 66.8 Å². The molecule has 0 saturated carbocycles. The fourth-order valence-corrected chi connectivity index (χ4v) is 3.74. The van der Waals surface area contributed by atoms with Gasteiger partial charge in [0.2, 0.25) is 5.91 Å². The van der Waals surface area contributed by atoms with E-state index in [9.17, 15) is 19.2 Å². The highest BCUT2D eigenvalue weighted by Crippen LogP contribution is 2.35. The third-order valence-corrected chi connectivity index (χ3v) is 5.07. The highest BCUT2D eigenvalue weighted by molar-refractivity contribution is 5.90. The van der Waals surface area contributed by atoms with Gasteiger partial charge < -0.3 is 14.4 Å². The van der Waals surface area contributed by atoms with Crippen molar-refractivity contribution in [2.75, 3.05) is 36.0 Å². The lowest BCUT2D eigenvalue weighted by atomic mass is 10.2. The van der Waals surface area contributed by atoms with Crippen molar-refractivity contribution in [1.82, 2.24) is 5.06 Å². The Bertz CT molecular complexity index is 745. The Morgan fingerprint density at radius 2 is 2.23 bits per heavy atom. The molecular weight excluding hydrogens is 345 g/mol. The molecule has 2 bridgehead atoms. The van der Waals surface area contributed by atoms with Crippen molar-refractivity contribution in [3.05, 3.63) is 24.0 Å². The molecule has 3 heterocycles. The van der Waals surface area contributed by atoms with Crippen molar-refractivity contribution in [2.24, 2.45) is 0 Å². The maximum atomic E-state index is 14.7. The second-order valence-corrected chi connectivity index (χ2v) is 6.85. The van der Waals surface area contributed by atoms with E-state index in [1.807, 2.05) is 4.90 Å². The van der Waals surface area contributed by atoms with Crippen LogP contribution >= 0.6 is 0 Å². The summed E-state index contributed by atoms with van der Waals surface area (Å²) in [7, 11) is 0. The number of morpholine rings is 1. The number of anilines is 2. The standard InChI is InChI=1S/C17H20FN3O5/c1-10(22)21(24)8-14-7-20(17(23)26-14)11-2-3-16(15(18)5-11)19-6-13-4-12(19)9-25-13/h2-3,5,12-14,24H,4,6-9H2,1H3/t12-,13-,14?/m0/s1. The summed E-state index contributed by atoms with van der Waals surface area (Å²) >= 11 is 0. The van der Waals surface area contributed by atoms with Gasteiger partial charge in [0.25, 0.3) is 0 Å². The van der Waals surface area contributed by atoms with E-state index in [1.54, 1.807) is 12.1 Å². The Kier molecular flexibility index (Phi) is 4.20. The number of carbonyl (C=O) groups excluding carboxylic acids is 2. The molecule has 26 heavy (non-hydrogen) atoms. The van der Waals surface area contributed by atoms with E-state index in [-0.39, 0.29) is 25.2 Å². The molecule has 0 radical (unpaired) electrons. The van der Waals surface area contributed by atoms with E-state index in [0.717, 1.165) is 6.42 Å². The van der Waals surface area contributed by atoms with Crippen LogP contribution in [0.25, 0.3) is 0 Å². The number of benzene rings is 1. The smallest absolute Gasteiger partial charge is 0.414 e. The first-order valence-electron chi connectivity index (χ1n) is 8.55. The van der Waals surface area contributed by atoms with Gasteiger partial charge in [0.05, 0.1) is 43.2 Å². The minimum atomic E-state index is -0.675. The minimum absolute atomic E-state index is 0.129. The van der Waals surface area contributed by atoms with Gasteiger partial charge in [-0.2, -0.15) is 0 Å². The fourth-order valence-electron chi connectivity index (χ4n) is 3.74. The lowest BCUT2D eigenvalue weighted by Gasteiger charge is -2.29. The Morgan fingerprint density at radius 1 is 1.42 bits per heavy atom. The average molecular weight is 365 g/mol. The van der Waals surface area contributed by atoms with Crippen molar-refractivity contribution >= 4 is 23.4 Å². The summed E-state index contributed by atoms with van der Waals surface area (Å²) in [5.41, 5.74) is 0.887. The summed E-state index contributed by atoms with van der Waals surface area (Å²) in [6.07, 6.45) is -0.232. The number of amides is 2. The predicted molar refractivity (Wildman–Crippen MR) is 88.7 cm³/mol. The Hall–Kier alpha value is -2.39. The first-order valence-corrected chi connectivity index (χ1v) is 8.55. The molecule has 3 fully saturated rings. The molecule has 3 aliphatic heterocycles. The SMILES string of the molecule is CC(=O)N(O)CC1CN(c2ccc(N3C[C@@H]4C[C@H]3CO4)c(F)c2)C(=O)O1. The Balaban J connectivity index is 1.47. The van der Waals surface area contributed by atoms with Crippen LogP contribution in [-0.2, 0) is 14.3 Å². The van der Waals surface area contributed by atoms with Gasteiger partial charge in [-0.1, -0.05) is 0 Å². The first-order chi connectivity index (χ1) is 12.4. The number of rotatable bonds is 4. The van der Waals surface area contributed by atoms with E-state index in [4.69, 9.17) is 9.47 Å². The maximum absolute atomic E-state index is 14.7. The minimum Gasteiger partial charge on any atom is -0.442 e. The number of nitrogens with zero attached hydrogens (tertiary/aromatic N) is 3. The van der Waals surface area contributed by atoms with Gasteiger partial charge in [0, 0.05) is 13.5 Å². The van der Waals surface area contributed by atoms with Crippen molar-refractivity contribution in [3.8, 4) is 0 Å². The van der Waals surface area contributed by atoms with Crippen LogP contribution in [0.5, 0.6) is 0 Å². The second-order valence-electron chi connectivity index (χ2n) is 6.85. The van der Waals surface area contributed by atoms with E-state index in [0.29, 0.717) is 29.6 Å². The topological polar surface area (TPSA) is 82.6 Å². The van der Waals surface area contributed by atoms with Crippen LogP contribution in [0.2, 0.25) is 0 Å². The molecule has 1 aromatic carbocycles. The molecule has 8 nitrogen and oxygen atoms in total. The number of halogens is 1. The monoisotopic (exact) mass is 365 g/mol. The summed E-state index contributed by atoms with van der Waals surface area (Å²) in [5.74, 6) is -0.947. The lowest BCUT2D eigenvalue weighted by molar-refractivity contribution is -0.166. The van der Waals surface area contributed by atoms with Crippen molar-refractivity contribution in [1.29, 1.82) is 0 Å². The van der Waals surface area contributed by atoms with Crippen molar-refractivity contribution < 1.29 is 28.7 Å². The number of hydrogen-bond acceptors (Lipinski definition) is 6. The average Bonchev–Trinajstić information content (AvgIpc) is 3.30. The molecule has 1 aromatic rings. The predicted octanol–water partition coefficient (Wildman–Crippen LogP) is 1.37. The van der Waals surface area contributed by atoms with Gasteiger partial charge in [0.15, 0.2) is 0 Å². The summed E-state index contributed by atoms with van der Waals surface area (Å²) in [5, 5.41) is 9.98. The third-order valence-electron chi connectivity index (χ3n) is 5.07. The van der Waals surface area contributed by atoms with Crippen molar-refractivity contribution in [2.45, 2.75) is 31.6 Å². The normalized spacial score (nSPS) is 27.2. The number of fused-ring (bicyclic) bond motifs is 2. The van der Waals surface area contributed by atoms with E-state index >= 15 is 0 Å². The molecule has 2 amide bonds. The molecule has 4 rings (SSSR count). The van der Waals surface area contributed by atoms with Crippen LogP contribution in [0.4, 0.5) is 20.6 Å². The molecule has 1 N–H and O–H groups in total. The summed E-state index contributed by atoms with van der Waals surface area (Å²) in [6, 6.07) is 4.85. The zero-order valence-electron chi connectivity index (χ0n) is 14.3. The third kappa shape index (κ3) is 2.97. The van der Waals surface area contributed by atoms with Gasteiger partial charge in [-0.3, -0.25) is 14.9 Å². The maximum Gasteiger partial charge on any atom is 0.414 e. The second kappa shape index (κ2) is 6.40. The number of carbonyl (C=O) groups is 2. The molecule has 1 unspecified atom stereocenters. The zero-order chi connectivity index (χ0) is 18.4. The van der Waals surface area contributed by atoms with E-state index in [1.165, 1.54) is 17.9 Å². The molecule has 0 aromatic heterocycles. The lowest BCUT2D eigenvalue weighted by Crippen LogP contribution is -2.37. The van der Waals surface area contributed by atoms with Gasteiger partial charge in [-0.15, -0.1) is 0 Å². The van der Waals surface area contributed by atoms with E-state index < -0.39 is 23.9 Å². The molecule has 0 spiro atoms. The van der Waals surface area contributed by atoms with Gasteiger partial charge >= 0.3 is 6.09 Å². The molecule has 140 valence electrons. The number of cyclic esters (lactones) is 1. The number of hydrogen-bond donors (Lipinski definition) is 1. The molecule has 3 saturated heterocycles. The first kappa shape index (κ1) is 17.0. The number of hydroxylamine groups is 2. The largest absolute Gasteiger partial charge is 0.442 e. The van der Waals surface area contributed by atoms with E-state index in [2.05, 4.69) is 0 Å². The molecular formula is C17H20FN3O5. The highest BCUT2D eigenvalue weighted by atomic mass is 19.1. The molecule has 0 aliphatic carbocycles. The van der Waals surface area contributed by atoms with Crippen LogP contribution in [0, 0.1) is 5.82 Å². The summed E-state index contributed by atoms with van der Waals surface area (Å²) in [6.45, 7) is 2.49. The highest BCUT2D eigenvalue weighted by Gasteiger charge is 2.40. The summed E-state index contributed by atoms with van der Waals surface area (Å²) < 4.78 is 25.3. The van der Waals surface area contributed by atoms with Gasteiger partial charge in [-0.25, -0.2) is 14.2 Å². The van der Waals surface area contributed by atoms with Crippen LogP contribution < -0.4 is 9.80 Å². The van der Waals surface area contributed by atoms with Crippen LogP contribution in [0.3, 0.4) is 0 Å². The quantitative estimate of drug-likeness (QED) is 0.641. The van der Waals surface area contributed by atoms with Crippen LogP contribution in [0.15, 0.2) is 18.2 Å². The summed E-state index contributed by atoms with van der Waals surface area (Å²) in [4.78, 5) is 26.5. The number of ether oxygens (including phenoxy) is 2.